The third-order valence-corrected chi connectivity index (χ3v) is 3.69. The van der Waals surface area contributed by atoms with Crippen molar-refractivity contribution in [2.24, 2.45) is 15.9 Å². The third-order valence-electron chi connectivity index (χ3n) is 2.77. The number of nitrogens with zero attached hydrogens (tertiary/aromatic N) is 2. The minimum Gasteiger partial charge on any atom is -0.394 e. The van der Waals surface area contributed by atoms with Crippen LogP contribution in [0.3, 0.4) is 0 Å². The van der Waals surface area contributed by atoms with E-state index in [1.165, 1.54) is 6.21 Å². The van der Waals surface area contributed by atoms with Crippen LogP contribution in [0.2, 0.25) is 0 Å². The number of benzene rings is 1. The van der Waals surface area contributed by atoms with Crippen molar-refractivity contribution < 1.29 is 9.90 Å². The van der Waals surface area contributed by atoms with Crippen molar-refractivity contribution in [2.45, 2.75) is 19.4 Å². The van der Waals surface area contributed by atoms with Gasteiger partial charge in [-0.25, -0.2) is 0 Å². The smallest absolute Gasteiger partial charge is 0.252 e. The molecule has 0 aliphatic heterocycles. The summed E-state index contributed by atoms with van der Waals surface area (Å²) in [6, 6.07) is 5.28. The first kappa shape index (κ1) is 18.8. The molecule has 0 atom stereocenters. The maximum absolute atomic E-state index is 12.4. The van der Waals surface area contributed by atoms with Crippen LogP contribution < -0.4 is 11.2 Å². The molecule has 1 amide bonds. The highest BCUT2D eigenvalue weighted by Gasteiger charge is 2.26. The molecule has 1 aromatic carbocycles. The number of aliphatic hydroxyl groups is 1. The summed E-state index contributed by atoms with van der Waals surface area (Å²) in [5, 5.41) is 15.3. The topological polar surface area (TPSA) is 100 Å². The average molecular weight is 434 g/mol. The van der Waals surface area contributed by atoms with Gasteiger partial charge in [0.1, 0.15) is 5.71 Å². The van der Waals surface area contributed by atoms with Crippen LogP contribution in [0.25, 0.3) is 0 Å². The van der Waals surface area contributed by atoms with Crippen LogP contribution >= 0.6 is 31.9 Å². The van der Waals surface area contributed by atoms with Crippen molar-refractivity contribution in [2.75, 3.05) is 13.2 Å². The molecule has 1 rings (SSSR count). The number of rotatable bonds is 6. The quantitative estimate of drug-likeness (QED) is 0.363. The van der Waals surface area contributed by atoms with Crippen LogP contribution in [0.15, 0.2) is 37.2 Å². The fraction of sp³-hybridized carbons (Fsp3) is 0.357. The Labute approximate surface area is 146 Å². The van der Waals surface area contributed by atoms with Crippen molar-refractivity contribution in [3.8, 4) is 0 Å². The summed E-state index contributed by atoms with van der Waals surface area (Å²) in [5.41, 5.74) is 0.0981. The van der Waals surface area contributed by atoms with Crippen LogP contribution in [0, 0.1) is 0 Å². The van der Waals surface area contributed by atoms with Gasteiger partial charge in [0, 0.05) is 20.7 Å². The number of carbonyl (C=O) groups is 1. The van der Waals surface area contributed by atoms with Gasteiger partial charge in [0.05, 0.1) is 18.7 Å². The highest BCUT2D eigenvalue weighted by molar-refractivity contribution is 9.11. The van der Waals surface area contributed by atoms with Crippen molar-refractivity contribution in [3.63, 3.8) is 0 Å². The number of nitrogens with two attached hydrogens (primary N) is 1. The molecule has 0 aromatic heterocycles. The lowest BCUT2D eigenvalue weighted by atomic mass is 9.98. The molecule has 0 fully saturated rings. The van der Waals surface area contributed by atoms with E-state index in [9.17, 15) is 4.79 Å². The van der Waals surface area contributed by atoms with Gasteiger partial charge in [0.15, 0.2) is 0 Å². The Balaban J connectivity index is 2.92. The first-order valence-corrected chi connectivity index (χ1v) is 8.06. The standard InChI is InChI=1S/C14H18Br2N4O2/c1-14(2,12(20-17)8-18-3-4-21)19-13(22)9-5-10(15)7-11(16)6-9/h5-8,21H,3-4,17H2,1-2H3,(H,19,22)/b18-8?,20-12+. The number of halogens is 2. The number of aliphatic imine (C=N–C) groups is 1. The second kappa shape index (κ2) is 8.40. The molecular formula is C14H18Br2N4O2. The van der Waals surface area contributed by atoms with Crippen LogP contribution in [0.5, 0.6) is 0 Å². The monoisotopic (exact) mass is 432 g/mol. The molecule has 0 aliphatic rings. The summed E-state index contributed by atoms with van der Waals surface area (Å²) in [7, 11) is 0. The predicted octanol–water partition coefficient (Wildman–Crippen LogP) is 2.10. The summed E-state index contributed by atoms with van der Waals surface area (Å²) in [5.74, 6) is 5.11. The summed E-state index contributed by atoms with van der Waals surface area (Å²) in [4.78, 5) is 16.4. The fourth-order valence-corrected chi connectivity index (χ4v) is 2.96. The van der Waals surface area contributed by atoms with E-state index in [1.807, 2.05) is 6.07 Å². The lowest BCUT2D eigenvalue weighted by molar-refractivity contribution is 0.0932. The molecular weight excluding hydrogens is 416 g/mol. The molecule has 0 saturated heterocycles. The van der Waals surface area contributed by atoms with E-state index in [0.717, 1.165) is 8.95 Å². The molecule has 6 nitrogen and oxygen atoms in total. The minimum atomic E-state index is -0.806. The Hall–Kier alpha value is -1.25. The number of carbonyl (C=O) groups excluding carboxylic acids is 1. The van der Waals surface area contributed by atoms with Gasteiger partial charge in [-0.05, 0) is 32.0 Å². The number of aliphatic hydroxyl groups excluding tert-OH is 1. The van der Waals surface area contributed by atoms with E-state index in [0.29, 0.717) is 11.3 Å². The number of amides is 1. The minimum absolute atomic E-state index is 0.0623. The Morgan fingerprint density at radius 3 is 2.45 bits per heavy atom. The van der Waals surface area contributed by atoms with Crippen LogP contribution in [0.4, 0.5) is 0 Å². The molecule has 1 aromatic rings. The Bertz CT molecular complexity index is 580. The predicted molar refractivity (Wildman–Crippen MR) is 95.5 cm³/mol. The lowest BCUT2D eigenvalue weighted by Crippen LogP contribution is -2.50. The van der Waals surface area contributed by atoms with Crippen LogP contribution in [-0.4, -0.2) is 41.6 Å². The molecule has 0 bridgehead atoms. The van der Waals surface area contributed by atoms with Crippen molar-refractivity contribution in [1.29, 1.82) is 0 Å². The average Bonchev–Trinajstić information content (AvgIpc) is 2.41. The summed E-state index contributed by atoms with van der Waals surface area (Å²) >= 11 is 6.69. The van der Waals surface area contributed by atoms with Gasteiger partial charge in [-0.3, -0.25) is 9.79 Å². The SMILES string of the molecule is CC(C)(NC(=O)c1cc(Br)cc(Br)c1)/C(C=NCCO)=N/N. The van der Waals surface area contributed by atoms with Crippen molar-refractivity contribution in [3.05, 3.63) is 32.7 Å². The molecule has 0 spiro atoms. The zero-order valence-electron chi connectivity index (χ0n) is 12.3. The van der Waals surface area contributed by atoms with Crippen LogP contribution in [-0.2, 0) is 0 Å². The Morgan fingerprint density at radius 1 is 1.36 bits per heavy atom. The second-order valence-corrected chi connectivity index (χ2v) is 6.84. The van der Waals surface area contributed by atoms with Gasteiger partial charge in [-0.15, -0.1) is 0 Å². The summed E-state index contributed by atoms with van der Waals surface area (Å²) < 4.78 is 1.59. The Kier molecular flexibility index (Phi) is 7.18. The molecule has 0 saturated carbocycles. The number of hydrazone groups is 1. The maximum atomic E-state index is 12.4. The molecule has 0 radical (unpaired) electrons. The Morgan fingerprint density at radius 2 is 1.95 bits per heavy atom. The van der Waals surface area contributed by atoms with E-state index >= 15 is 0 Å². The molecule has 4 N–H and O–H groups in total. The van der Waals surface area contributed by atoms with Gasteiger partial charge in [-0.2, -0.15) is 5.10 Å². The van der Waals surface area contributed by atoms with Crippen LogP contribution in [0.1, 0.15) is 24.2 Å². The van der Waals surface area contributed by atoms with E-state index < -0.39 is 5.54 Å². The molecule has 120 valence electrons. The number of nitrogens with one attached hydrogen (secondary N) is 1. The molecule has 0 aliphatic carbocycles. The van der Waals surface area contributed by atoms with Gasteiger partial charge in [0.2, 0.25) is 0 Å². The van der Waals surface area contributed by atoms with E-state index in [2.05, 4.69) is 47.3 Å². The van der Waals surface area contributed by atoms with E-state index in [-0.39, 0.29) is 19.1 Å². The van der Waals surface area contributed by atoms with Gasteiger partial charge in [-0.1, -0.05) is 31.9 Å². The summed E-state index contributed by atoms with van der Waals surface area (Å²) in [6.45, 7) is 3.73. The molecule has 0 heterocycles. The van der Waals surface area contributed by atoms with Gasteiger partial charge in [0.25, 0.3) is 5.91 Å². The lowest BCUT2D eigenvalue weighted by Gasteiger charge is -2.25. The van der Waals surface area contributed by atoms with Gasteiger partial charge < -0.3 is 16.3 Å². The zero-order valence-corrected chi connectivity index (χ0v) is 15.5. The molecule has 8 heteroatoms. The van der Waals surface area contributed by atoms with Crippen molar-refractivity contribution >= 4 is 49.7 Å². The molecule has 0 unspecified atom stereocenters. The largest absolute Gasteiger partial charge is 0.394 e. The number of hydrogen-bond acceptors (Lipinski definition) is 5. The molecule has 22 heavy (non-hydrogen) atoms. The zero-order chi connectivity index (χ0) is 16.8. The second-order valence-electron chi connectivity index (χ2n) is 5.01. The summed E-state index contributed by atoms with van der Waals surface area (Å²) in [6.07, 6.45) is 1.45. The van der Waals surface area contributed by atoms with E-state index in [1.54, 1.807) is 26.0 Å². The van der Waals surface area contributed by atoms with Crippen molar-refractivity contribution in [1.82, 2.24) is 5.32 Å². The highest BCUT2D eigenvalue weighted by atomic mass is 79.9. The maximum Gasteiger partial charge on any atom is 0.252 e. The van der Waals surface area contributed by atoms with E-state index in [4.69, 9.17) is 10.9 Å². The first-order chi connectivity index (χ1) is 10.3. The third kappa shape index (κ3) is 5.51. The van der Waals surface area contributed by atoms with Gasteiger partial charge >= 0.3 is 0 Å². The fourth-order valence-electron chi connectivity index (χ4n) is 1.67. The highest BCUT2D eigenvalue weighted by Crippen LogP contribution is 2.20. The first-order valence-electron chi connectivity index (χ1n) is 6.48. The number of hydrogen-bond donors (Lipinski definition) is 3. The normalized spacial score (nSPS) is 12.7.